The molecule has 18 heavy (non-hydrogen) atoms. The zero-order valence-electron chi connectivity index (χ0n) is 10.3. The zero-order valence-corrected chi connectivity index (χ0v) is 11.9. The van der Waals surface area contributed by atoms with E-state index in [1.54, 1.807) is 10.4 Å². The Bertz CT molecular complexity index is 513. The number of nitrogens with zero attached hydrogens (tertiary/aromatic N) is 2. The van der Waals surface area contributed by atoms with E-state index < -0.39 is 10.0 Å². The summed E-state index contributed by atoms with van der Waals surface area (Å²) in [6.45, 7) is 2.33. The van der Waals surface area contributed by atoms with Gasteiger partial charge >= 0.3 is 0 Å². The highest BCUT2D eigenvalue weighted by atomic mass is 35.5. The Hall–Kier alpha value is -0.650. The molecular formula is C12H17ClN2O2S. The van der Waals surface area contributed by atoms with Gasteiger partial charge in [-0.15, -0.1) is 0 Å². The van der Waals surface area contributed by atoms with Crippen LogP contribution in [0.25, 0.3) is 0 Å². The van der Waals surface area contributed by atoms with Gasteiger partial charge in [0, 0.05) is 18.8 Å². The molecule has 0 atom stereocenters. The molecule has 0 saturated heterocycles. The zero-order chi connectivity index (χ0) is 13.2. The van der Waals surface area contributed by atoms with Crippen LogP contribution in [0.1, 0.15) is 32.6 Å². The van der Waals surface area contributed by atoms with Gasteiger partial charge in [0.05, 0.1) is 0 Å². The Morgan fingerprint density at radius 2 is 2.11 bits per heavy atom. The highest BCUT2D eigenvalue weighted by Gasteiger charge is 2.33. The summed E-state index contributed by atoms with van der Waals surface area (Å²) in [5.74, 6) is 0. The Kier molecular flexibility index (Phi) is 4.25. The van der Waals surface area contributed by atoms with Crippen molar-refractivity contribution in [1.29, 1.82) is 0 Å². The maximum absolute atomic E-state index is 12.6. The molecule has 0 aromatic carbocycles. The maximum atomic E-state index is 12.6. The fourth-order valence-corrected chi connectivity index (χ4v) is 4.63. The third kappa shape index (κ3) is 2.53. The molecule has 1 aliphatic carbocycles. The molecule has 1 aliphatic rings. The van der Waals surface area contributed by atoms with Crippen LogP contribution in [-0.2, 0) is 10.0 Å². The molecule has 6 heteroatoms. The summed E-state index contributed by atoms with van der Waals surface area (Å²) >= 11 is 5.90. The van der Waals surface area contributed by atoms with Crippen LogP contribution in [0.5, 0.6) is 0 Å². The fourth-order valence-electron chi connectivity index (χ4n) is 2.51. The minimum Gasteiger partial charge on any atom is -0.243 e. The smallest absolute Gasteiger partial charge is 0.243 e. The van der Waals surface area contributed by atoms with Gasteiger partial charge in [0.25, 0.3) is 0 Å². The lowest BCUT2D eigenvalue weighted by molar-refractivity contribution is 0.335. The lowest BCUT2D eigenvalue weighted by atomic mass is 10.2. The molecule has 1 heterocycles. The quantitative estimate of drug-likeness (QED) is 0.801. The van der Waals surface area contributed by atoms with E-state index in [0.717, 1.165) is 25.7 Å². The van der Waals surface area contributed by atoms with Gasteiger partial charge in [-0.05, 0) is 25.0 Å². The molecule has 1 aromatic rings. The fraction of sp³-hybridized carbons (Fsp3) is 0.583. The highest BCUT2D eigenvalue weighted by Crippen LogP contribution is 2.30. The molecule has 1 fully saturated rings. The molecule has 0 spiro atoms. The van der Waals surface area contributed by atoms with Crippen molar-refractivity contribution in [3.8, 4) is 0 Å². The first-order valence-corrected chi connectivity index (χ1v) is 8.01. The molecule has 0 radical (unpaired) electrons. The van der Waals surface area contributed by atoms with Gasteiger partial charge in [-0.25, -0.2) is 13.4 Å². The van der Waals surface area contributed by atoms with Crippen LogP contribution in [0, 0.1) is 0 Å². The van der Waals surface area contributed by atoms with Crippen LogP contribution in [0.3, 0.4) is 0 Å². The van der Waals surface area contributed by atoms with Crippen LogP contribution < -0.4 is 0 Å². The van der Waals surface area contributed by atoms with Crippen LogP contribution in [-0.4, -0.2) is 30.3 Å². The van der Waals surface area contributed by atoms with E-state index in [0.29, 0.717) is 6.54 Å². The van der Waals surface area contributed by atoms with Crippen molar-refractivity contribution in [3.63, 3.8) is 0 Å². The maximum Gasteiger partial charge on any atom is 0.246 e. The van der Waals surface area contributed by atoms with Crippen LogP contribution in [0.15, 0.2) is 23.2 Å². The summed E-state index contributed by atoms with van der Waals surface area (Å²) in [4.78, 5) is 3.96. The summed E-state index contributed by atoms with van der Waals surface area (Å²) in [5.41, 5.74) is 0. The number of aromatic nitrogens is 1. The standard InChI is InChI=1S/C12H17ClN2O2S/c1-2-15(10-6-3-4-7-10)18(16,17)11-8-5-9-14-12(11)13/h5,8-10H,2-4,6-7H2,1H3. The number of rotatable bonds is 4. The summed E-state index contributed by atoms with van der Waals surface area (Å²) in [6, 6.07) is 3.22. The van der Waals surface area contributed by atoms with Crippen LogP contribution >= 0.6 is 11.6 Å². The average Bonchev–Trinajstić information content (AvgIpc) is 2.83. The number of hydrogen-bond donors (Lipinski definition) is 0. The van der Waals surface area contributed by atoms with Gasteiger partial charge in [-0.1, -0.05) is 31.4 Å². The van der Waals surface area contributed by atoms with Crippen molar-refractivity contribution >= 4 is 21.6 Å². The first-order chi connectivity index (χ1) is 8.57. The van der Waals surface area contributed by atoms with Crippen molar-refractivity contribution in [1.82, 2.24) is 9.29 Å². The molecular weight excluding hydrogens is 272 g/mol. The first kappa shape index (κ1) is 13.8. The SMILES string of the molecule is CCN(C1CCCC1)S(=O)(=O)c1cccnc1Cl. The van der Waals surface area contributed by atoms with Crippen LogP contribution in [0.2, 0.25) is 5.15 Å². The first-order valence-electron chi connectivity index (χ1n) is 6.19. The molecule has 2 rings (SSSR count). The van der Waals surface area contributed by atoms with Gasteiger partial charge in [-0.2, -0.15) is 4.31 Å². The Morgan fingerprint density at radius 3 is 2.67 bits per heavy atom. The van der Waals surface area contributed by atoms with Crippen molar-refractivity contribution in [3.05, 3.63) is 23.5 Å². The third-order valence-electron chi connectivity index (χ3n) is 3.36. The molecule has 4 nitrogen and oxygen atoms in total. The predicted octanol–water partition coefficient (Wildman–Crippen LogP) is 2.69. The van der Waals surface area contributed by atoms with E-state index in [2.05, 4.69) is 4.98 Å². The van der Waals surface area contributed by atoms with E-state index in [-0.39, 0.29) is 16.1 Å². The van der Waals surface area contributed by atoms with Crippen molar-refractivity contribution in [2.45, 2.75) is 43.5 Å². The number of halogens is 1. The largest absolute Gasteiger partial charge is 0.246 e. The molecule has 0 unspecified atom stereocenters. The Balaban J connectivity index is 2.37. The van der Waals surface area contributed by atoms with Crippen LogP contribution in [0.4, 0.5) is 0 Å². The summed E-state index contributed by atoms with van der Waals surface area (Å²) in [7, 11) is -3.53. The monoisotopic (exact) mass is 288 g/mol. The normalized spacial score (nSPS) is 17.5. The second-order valence-electron chi connectivity index (χ2n) is 4.44. The van der Waals surface area contributed by atoms with Gasteiger partial charge in [0.1, 0.15) is 10.0 Å². The number of sulfonamides is 1. The van der Waals surface area contributed by atoms with E-state index in [1.807, 2.05) is 6.92 Å². The number of hydrogen-bond acceptors (Lipinski definition) is 3. The minimum absolute atomic E-state index is 0.0500. The lowest BCUT2D eigenvalue weighted by Gasteiger charge is -2.26. The second-order valence-corrected chi connectivity index (χ2v) is 6.66. The molecule has 1 aromatic heterocycles. The Morgan fingerprint density at radius 1 is 1.44 bits per heavy atom. The summed E-state index contributed by atoms with van der Waals surface area (Å²) < 4.78 is 26.7. The topological polar surface area (TPSA) is 50.3 Å². The number of pyridine rings is 1. The van der Waals surface area contributed by atoms with E-state index >= 15 is 0 Å². The molecule has 0 amide bonds. The van der Waals surface area contributed by atoms with E-state index in [4.69, 9.17) is 11.6 Å². The molecule has 1 saturated carbocycles. The van der Waals surface area contributed by atoms with Crippen molar-refractivity contribution < 1.29 is 8.42 Å². The minimum atomic E-state index is -3.53. The third-order valence-corrected chi connectivity index (χ3v) is 5.83. The van der Waals surface area contributed by atoms with Crippen molar-refractivity contribution in [2.75, 3.05) is 6.54 Å². The van der Waals surface area contributed by atoms with Gasteiger partial charge < -0.3 is 0 Å². The van der Waals surface area contributed by atoms with Crippen molar-refractivity contribution in [2.24, 2.45) is 0 Å². The lowest BCUT2D eigenvalue weighted by Crippen LogP contribution is -2.38. The van der Waals surface area contributed by atoms with E-state index in [1.165, 1.54) is 12.3 Å². The summed E-state index contributed by atoms with van der Waals surface area (Å²) in [6.07, 6.45) is 5.55. The second kappa shape index (κ2) is 5.55. The Labute approximate surface area is 113 Å². The summed E-state index contributed by atoms with van der Waals surface area (Å²) in [5, 5.41) is 0.0500. The molecule has 0 bridgehead atoms. The predicted molar refractivity (Wildman–Crippen MR) is 71.1 cm³/mol. The highest BCUT2D eigenvalue weighted by molar-refractivity contribution is 7.89. The van der Waals surface area contributed by atoms with E-state index in [9.17, 15) is 8.42 Å². The molecule has 0 N–H and O–H groups in total. The molecule has 0 aliphatic heterocycles. The average molecular weight is 289 g/mol. The van der Waals surface area contributed by atoms with Gasteiger partial charge in [0.2, 0.25) is 10.0 Å². The molecule has 100 valence electrons. The van der Waals surface area contributed by atoms with Gasteiger partial charge in [0.15, 0.2) is 0 Å². The van der Waals surface area contributed by atoms with Gasteiger partial charge in [-0.3, -0.25) is 0 Å².